The quantitative estimate of drug-likeness (QED) is 0.593. The van der Waals surface area contributed by atoms with Gasteiger partial charge in [-0.15, -0.1) is 0 Å². The zero-order valence-electron chi connectivity index (χ0n) is 15.8. The Kier molecular flexibility index (Phi) is 9.21. The molecule has 1 aliphatic rings. The van der Waals surface area contributed by atoms with Crippen LogP contribution in [0.5, 0.6) is 0 Å². The second kappa shape index (κ2) is 10.3. The van der Waals surface area contributed by atoms with Crippen LogP contribution in [0.4, 0.5) is 0 Å². The first-order valence-electron chi connectivity index (χ1n) is 9.20. The van der Waals surface area contributed by atoms with E-state index in [0.29, 0.717) is 19.4 Å². The first kappa shape index (κ1) is 21.4. The van der Waals surface area contributed by atoms with Gasteiger partial charge in [-0.25, -0.2) is 0 Å². The topological polar surface area (TPSA) is 69.9 Å². The minimum atomic E-state index is -0.546. The highest BCUT2D eigenvalue weighted by atomic mass is 16.5. The maximum absolute atomic E-state index is 10.4. The molecule has 140 valence electrons. The molecule has 4 heteroatoms. The molecule has 1 heterocycles. The number of ether oxygens (including phenoxy) is 1. The van der Waals surface area contributed by atoms with E-state index in [1.807, 2.05) is 20.8 Å². The number of aliphatic hydroxyl groups excluding tert-OH is 3. The molecule has 4 atom stereocenters. The van der Waals surface area contributed by atoms with Crippen molar-refractivity contribution in [3.05, 3.63) is 23.3 Å². The summed E-state index contributed by atoms with van der Waals surface area (Å²) in [4.78, 5) is 0. The molecule has 3 unspecified atom stereocenters. The van der Waals surface area contributed by atoms with Gasteiger partial charge in [0.1, 0.15) is 0 Å². The standard InChI is InChI=1S/C20H36O4/c1-15(2)7-9-18(22)16(3)6-5-12-20(4)19(23)10-8-17(11-13-21)14-24-20/h7,11,16,18-19,21-23H,5-6,8-10,12-14H2,1-4H3/b17-11+/t16?,18?,19-,20?/m1/s1. The number of aliphatic hydroxyl groups is 3. The summed E-state index contributed by atoms with van der Waals surface area (Å²) in [6.07, 6.45) is 7.81. The van der Waals surface area contributed by atoms with E-state index in [1.165, 1.54) is 5.57 Å². The maximum atomic E-state index is 10.4. The SMILES string of the molecule is CC(C)=CCC(O)C(C)CCCC1(C)OC/C(=C/CO)CC[C@H]1O. The van der Waals surface area contributed by atoms with E-state index in [-0.39, 0.29) is 18.6 Å². The third-order valence-electron chi connectivity index (χ3n) is 5.17. The van der Waals surface area contributed by atoms with Gasteiger partial charge in [0.2, 0.25) is 0 Å². The van der Waals surface area contributed by atoms with Gasteiger partial charge >= 0.3 is 0 Å². The van der Waals surface area contributed by atoms with Crippen LogP contribution >= 0.6 is 0 Å². The molecule has 0 amide bonds. The molecule has 0 aromatic rings. The normalized spacial score (nSPS) is 29.1. The largest absolute Gasteiger partial charge is 0.393 e. The molecule has 0 saturated carbocycles. The van der Waals surface area contributed by atoms with Gasteiger partial charge in [-0.3, -0.25) is 0 Å². The maximum Gasteiger partial charge on any atom is 0.0916 e. The van der Waals surface area contributed by atoms with Gasteiger partial charge in [-0.1, -0.05) is 31.1 Å². The summed E-state index contributed by atoms with van der Waals surface area (Å²) in [6, 6.07) is 0. The number of hydrogen-bond acceptors (Lipinski definition) is 4. The Morgan fingerprint density at radius 2 is 2.12 bits per heavy atom. The van der Waals surface area contributed by atoms with Gasteiger partial charge < -0.3 is 20.1 Å². The Morgan fingerprint density at radius 3 is 2.75 bits per heavy atom. The van der Waals surface area contributed by atoms with E-state index in [2.05, 4.69) is 13.0 Å². The Bertz CT molecular complexity index is 425. The minimum absolute atomic E-state index is 0.0204. The van der Waals surface area contributed by atoms with Crippen LogP contribution in [0.15, 0.2) is 23.3 Å². The molecule has 1 aliphatic heterocycles. The Labute approximate surface area is 147 Å². The van der Waals surface area contributed by atoms with E-state index in [9.17, 15) is 10.2 Å². The van der Waals surface area contributed by atoms with Crippen LogP contribution in [0.25, 0.3) is 0 Å². The molecular weight excluding hydrogens is 304 g/mol. The monoisotopic (exact) mass is 340 g/mol. The molecular formula is C20H36O4. The predicted octanol–water partition coefficient (Wildman–Crippen LogP) is 3.36. The molecule has 0 spiro atoms. The van der Waals surface area contributed by atoms with Crippen molar-refractivity contribution in [3.63, 3.8) is 0 Å². The smallest absolute Gasteiger partial charge is 0.0916 e. The summed E-state index contributed by atoms with van der Waals surface area (Å²) < 4.78 is 5.99. The van der Waals surface area contributed by atoms with Gasteiger partial charge in [-0.2, -0.15) is 0 Å². The lowest BCUT2D eigenvalue weighted by Gasteiger charge is -2.33. The van der Waals surface area contributed by atoms with Crippen molar-refractivity contribution < 1.29 is 20.1 Å². The van der Waals surface area contributed by atoms with Gasteiger partial charge in [0, 0.05) is 0 Å². The van der Waals surface area contributed by atoms with Crippen molar-refractivity contribution in [3.8, 4) is 0 Å². The Balaban J connectivity index is 2.47. The number of allylic oxidation sites excluding steroid dienone is 1. The number of hydrogen-bond donors (Lipinski definition) is 3. The van der Waals surface area contributed by atoms with Crippen LogP contribution in [-0.4, -0.2) is 46.3 Å². The average Bonchev–Trinajstić information content (AvgIpc) is 2.66. The molecule has 1 saturated heterocycles. The van der Waals surface area contributed by atoms with Crippen molar-refractivity contribution in [2.24, 2.45) is 5.92 Å². The van der Waals surface area contributed by atoms with Crippen LogP contribution in [0.1, 0.15) is 66.2 Å². The van der Waals surface area contributed by atoms with Crippen molar-refractivity contribution in [1.29, 1.82) is 0 Å². The van der Waals surface area contributed by atoms with Crippen molar-refractivity contribution in [2.75, 3.05) is 13.2 Å². The van der Waals surface area contributed by atoms with Crippen LogP contribution in [0.2, 0.25) is 0 Å². The highest BCUT2D eigenvalue weighted by molar-refractivity contribution is 5.06. The van der Waals surface area contributed by atoms with Gasteiger partial charge in [0.15, 0.2) is 0 Å². The van der Waals surface area contributed by atoms with Gasteiger partial charge in [-0.05, 0) is 64.4 Å². The molecule has 4 nitrogen and oxygen atoms in total. The number of rotatable bonds is 8. The predicted molar refractivity (Wildman–Crippen MR) is 97.8 cm³/mol. The van der Waals surface area contributed by atoms with Crippen LogP contribution in [-0.2, 0) is 4.74 Å². The fraction of sp³-hybridized carbons (Fsp3) is 0.800. The lowest BCUT2D eigenvalue weighted by Crippen LogP contribution is -2.41. The van der Waals surface area contributed by atoms with Crippen LogP contribution < -0.4 is 0 Å². The third kappa shape index (κ3) is 7.06. The summed E-state index contributed by atoms with van der Waals surface area (Å²) >= 11 is 0. The molecule has 24 heavy (non-hydrogen) atoms. The molecule has 0 aromatic heterocycles. The molecule has 3 N–H and O–H groups in total. The van der Waals surface area contributed by atoms with E-state index in [0.717, 1.165) is 31.3 Å². The highest BCUT2D eigenvalue weighted by Crippen LogP contribution is 2.32. The fourth-order valence-electron chi connectivity index (χ4n) is 3.14. The molecule has 0 radical (unpaired) electrons. The average molecular weight is 341 g/mol. The zero-order valence-corrected chi connectivity index (χ0v) is 15.8. The zero-order chi connectivity index (χ0) is 18.2. The molecule has 1 fully saturated rings. The van der Waals surface area contributed by atoms with Crippen molar-refractivity contribution in [1.82, 2.24) is 0 Å². The summed E-state index contributed by atoms with van der Waals surface area (Å²) in [5, 5.41) is 29.7. The lowest BCUT2D eigenvalue weighted by atomic mass is 9.87. The molecule has 0 aromatic carbocycles. The first-order valence-corrected chi connectivity index (χ1v) is 9.20. The molecule has 0 bridgehead atoms. The van der Waals surface area contributed by atoms with Crippen molar-refractivity contribution in [2.45, 2.75) is 84.0 Å². The van der Waals surface area contributed by atoms with E-state index in [4.69, 9.17) is 9.84 Å². The lowest BCUT2D eigenvalue weighted by molar-refractivity contribution is -0.105. The second-order valence-electron chi connectivity index (χ2n) is 7.65. The minimum Gasteiger partial charge on any atom is -0.393 e. The van der Waals surface area contributed by atoms with E-state index in [1.54, 1.807) is 6.08 Å². The third-order valence-corrected chi connectivity index (χ3v) is 5.17. The molecule has 0 aliphatic carbocycles. The van der Waals surface area contributed by atoms with Crippen LogP contribution in [0, 0.1) is 5.92 Å². The fourth-order valence-corrected chi connectivity index (χ4v) is 3.14. The Hall–Kier alpha value is -0.680. The van der Waals surface area contributed by atoms with E-state index >= 15 is 0 Å². The Morgan fingerprint density at radius 1 is 1.42 bits per heavy atom. The summed E-state index contributed by atoms with van der Waals surface area (Å²) in [5.74, 6) is 0.233. The summed E-state index contributed by atoms with van der Waals surface area (Å²) in [7, 11) is 0. The van der Waals surface area contributed by atoms with Crippen LogP contribution in [0.3, 0.4) is 0 Å². The summed E-state index contributed by atoms with van der Waals surface area (Å²) in [5.41, 5.74) is 1.75. The van der Waals surface area contributed by atoms with Crippen molar-refractivity contribution >= 4 is 0 Å². The first-order chi connectivity index (χ1) is 11.3. The highest BCUT2D eigenvalue weighted by Gasteiger charge is 2.36. The molecule has 1 rings (SSSR count). The summed E-state index contributed by atoms with van der Waals surface area (Å²) in [6.45, 7) is 8.65. The van der Waals surface area contributed by atoms with E-state index < -0.39 is 11.7 Å². The van der Waals surface area contributed by atoms with Gasteiger partial charge in [0.05, 0.1) is 31.0 Å². The van der Waals surface area contributed by atoms with Gasteiger partial charge in [0.25, 0.3) is 0 Å². The second-order valence-corrected chi connectivity index (χ2v) is 7.65.